The number of hydrogen-bond donors (Lipinski definition) is 1. The molecule has 0 radical (unpaired) electrons. The van der Waals surface area contributed by atoms with Gasteiger partial charge in [0.1, 0.15) is 5.82 Å². The molecule has 0 bridgehead atoms. The summed E-state index contributed by atoms with van der Waals surface area (Å²) in [7, 11) is 0. The fourth-order valence-electron chi connectivity index (χ4n) is 4.71. The summed E-state index contributed by atoms with van der Waals surface area (Å²) in [6.07, 6.45) is 8.03. The van der Waals surface area contributed by atoms with Crippen LogP contribution in [-0.2, 0) is 5.41 Å². The van der Waals surface area contributed by atoms with Gasteiger partial charge in [-0.1, -0.05) is 38.8 Å². The fourth-order valence-corrected chi connectivity index (χ4v) is 4.71. The molecule has 0 aliphatic heterocycles. The summed E-state index contributed by atoms with van der Waals surface area (Å²) in [4.78, 5) is 0. The van der Waals surface area contributed by atoms with Crippen molar-refractivity contribution < 1.29 is 4.39 Å². The lowest BCUT2D eigenvalue weighted by Gasteiger charge is -2.56. The minimum absolute atomic E-state index is 0.0943. The van der Waals surface area contributed by atoms with E-state index in [2.05, 4.69) is 25.2 Å². The van der Waals surface area contributed by atoms with Gasteiger partial charge in [-0.2, -0.15) is 0 Å². The first kappa shape index (κ1) is 15.0. The van der Waals surface area contributed by atoms with Gasteiger partial charge in [0.05, 0.1) is 0 Å². The molecular weight excluding hydrogens is 261 g/mol. The Labute approximate surface area is 128 Å². The summed E-state index contributed by atoms with van der Waals surface area (Å²) < 4.78 is 13.7. The van der Waals surface area contributed by atoms with E-state index in [1.807, 2.05) is 6.07 Å². The van der Waals surface area contributed by atoms with E-state index in [4.69, 9.17) is 0 Å². The molecule has 1 spiro atoms. The van der Waals surface area contributed by atoms with Crippen molar-refractivity contribution in [2.45, 2.75) is 57.8 Å². The molecule has 0 atom stereocenters. The molecule has 0 heterocycles. The van der Waals surface area contributed by atoms with Crippen LogP contribution in [0.5, 0.6) is 0 Å². The van der Waals surface area contributed by atoms with Crippen molar-refractivity contribution in [2.75, 3.05) is 13.1 Å². The molecule has 2 fully saturated rings. The van der Waals surface area contributed by atoms with Crippen LogP contribution in [0.4, 0.5) is 4.39 Å². The predicted molar refractivity (Wildman–Crippen MR) is 85.9 cm³/mol. The van der Waals surface area contributed by atoms with Gasteiger partial charge in [0.25, 0.3) is 0 Å². The van der Waals surface area contributed by atoms with Crippen molar-refractivity contribution in [3.05, 3.63) is 35.6 Å². The van der Waals surface area contributed by atoms with Gasteiger partial charge in [-0.05, 0) is 61.3 Å². The molecule has 1 aromatic carbocycles. The van der Waals surface area contributed by atoms with Gasteiger partial charge in [-0.25, -0.2) is 4.39 Å². The summed E-state index contributed by atoms with van der Waals surface area (Å²) in [6, 6.07) is 7.32. The quantitative estimate of drug-likeness (QED) is 0.831. The average molecular weight is 289 g/mol. The van der Waals surface area contributed by atoms with Gasteiger partial charge < -0.3 is 5.32 Å². The second kappa shape index (κ2) is 5.72. The maximum absolute atomic E-state index is 13.7. The van der Waals surface area contributed by atoms with E-state index in [-0.39, 0.29) is 11.2 Å². The van der Waals surface area contributed by atoms with Crippen molar-refractivity contribution in [2.24, 2.45) is 11.3 Å². The number of nitrogens with one attached hydrogen (secondary N) is 1. The Morgan fingerprint density at radius 2 is 1.90 bits per heavy atom. The van der Waals surface area contributed by atoms with Crippen LogP contribution in [0.2, 0.25) is 0 Å². The summed E-state index contributed by atoms with van der Waals surface area (Å²) >= 11 is 0. The highest BCUT2D eigenvalue weighted by Gasteiger charge is 2.55. The first-order chi connectivity index (χ1) is 10.0. The molecule has 0 unspecified atom stereocenters. The third-order valence-corrected chi connectivity index (χ3v) is 5.54. The van der Waals surface area contributed by atoms with Gasteiger partial charge in [-0.15, -0.1) is 0 Å². The molecule has 0 aromatic heterocycles. The monoisotopic (exact) mass is 289 g/mol. The topological polar surface area (TPSA) is 12.0 Å². The van der Waals surface area contributed by atoms with Gasteiger partial charge in [0, 0.05) is 12.0 Å². The molecule has 1 nitrogen and oxygen atoms in total. The predicted octanol–water partition coefficient (Wildman–Crippen LogP) is 4.66. The van der Waals surface area contributed by atoms with Crippen LogP contribution in [-0.4, -0.2) is 13.1 Å². The number of hydrogen-bond acceptors (Lipinski definition) is 1. The highest BCUT2D eigenvalue weighted by Crippen LogP contribution is 2.62. The highest BCUT2D eigenvalue weighted by molar-refractivity contribution is 5.32. The van der Waals surface area contributed by atoms with Gasteiger partial charge >= 0.3 is 0 Å². The van der Waals surface area contributed by atoms with E-state index in [1.165, 1.54) is 44.1 Å². The Kier molecular flexibility index (Phi) is 4.09. The molecule has 2 saturated carbocycles. The van der Waals surface area contributed by atoms with Crippen molar-refractivity contribution in [3.8, 4) is 0 Å². The van der Waals surface area contributed by atoms with Crippen LogP contribution >= 0.6 is 0 Å². The molecule has 2 heteroatoms. The summed E-state index contributed by atoms with van der Waals surface area (Å²) in [5.74, 6) is 0.568. The number of rotatable bonds is 5. The van der Waals surface area contributed by atoms with E-state index in [1.54, 1.807) is 12.1 Å². The standard InChI is InChI=1S/C19H28FN/c1-15(2)11-21-14-19(16-6-5-7-17(20)10-16)12-18(13-19)8-3-4-9-18/h5-7,10,15,21H,3-4,8-9,11-14H2,1-2H3. The number of halogens is 1. The Balaban J connectivity index is 1.76. The molecule has 1 N–H and O–H groups in total. The van der Waals surface area contributed by atoms with Gasteiger partial charge in [0.2, 0.25) is 0 Å². The SMILES string of the molecule is CC(C)CNCC1(c2cccc(F)c2)CC2(CCCC2)C1. The maximum Gasteiger partial charge on any atom is 0.123 e. The molecular formula is C19H28FN. The van der Waals surface area contributed by atoms with Crippen molar-refractivity contribution >= 4 is 0 Å². The lowest BCUT2D eigenvalue weighted by atomic mass is 9.49. The minimum Gasteiger partial charge on any atom is -0.316 e. The van der Waals surface area contributed by atoms with Crippen molar-refractivity contribution in [3.63, 3.8) is 0 Å². The van der Waals surface area contributed by atoms with Crippen LogP contribution in [0, 0.1) is 17.2 Å². The van der Waals surface area contributed by atoms with Gasteiger partial charge in [-0.3, -0.25) is 0 Å². The van der Waals surface area contributed by atoms with E-state index in [0.717, 1.165) is 13.1 Å². The van der Waals surface area contributed by atoms with Crippen molar-refractivity contribution in [1.82, 2.24) is 5.32 Å². The van der Waals surface area contributed by atoms with E-state index in [9.17, 15) is 4.39 Å². The second-order valence-corrected chi connectivity index (χ2v) is 7.88. The van der Waals surface area contributed by atoms with Crippen LogP contribution < -0.4 is 5.32 Å². The zero-order valence-corrected chi connectivity index (χ0v) is 13.4. The lowest BCUT2D eigenvalue weighted by Crippen LogP contribution is -2.54. The molecule has 0 saturated heterocycles. The summed E-state index contributed by atoms with van der Waals surface area (Å²) in [6.45, 7) is 6.52. The molecule has 2 aliphatic rings. The second-order valence-electron chi connectivity index (χ2n) is 7.88. The van der Waals surface area contributed by atoms with Crippen LogP contribution in [0.1, 0.15) is 57.9 Å². The van der Waals surface area contributed by atoms with E-state index < -0.39 is 0 Å². The molecule has 3 rings (SSSR count). The lowest BCUT2D eigenvalue weighted by molar-refractivity contribution is 0.0264. The molecule has 0 amide bonds. The number of benzene rings is 1. The normalized spacial score (nSPS) is 22.7. The molecule has 21 heavy (non-hydrogen) atoms. The van der Waals surface area contributed by atoms with Crippen molar-refractivity contribution in [1.29, 1.82) is 0 Å². The summed E-state index contributed by atoms with van der Waals surface area (Å²) in [5, 5.41) is 3.63. The molecule has 116 valence electrons. The Hall–Kier alpha value is -0.890. The van der Waals surface area contributed by atoms with E-state index in [0.29, 0.717) is 11.3 Å². The third-order valence-electron chi connectivity index (χ3n) is 5.54. The highest BCUT2D eigenvalue weighted by atomic mass is 19.1. The van der Waals surface area contributed by atoms with Crippen LogP contribution in [0.15, 0.2) is 24.3 Å². The zero-order chi connectivity index (χ0) is 14.9. The smallest absolute Gasteiger partial charge is 0.123 e. The average Bonchev–Trinajstić information content (AvgIpc) is 2.86. The maximum atomic E-state index is 13.7. The van der Waals surface area contributed by atoms with Crippen LogP contribution in [0.3, 0.4) is 0 Å². The largest absolute Gasteiger partial charge is 0.316 e. The first-order valence-electron chi connectivity index (χ1n) is 8.51. The van der Waals surface area contributed by atoms with E-state index >= 15 is 0 Å². The fraction of sp³-hybridized carbons (Fsp3) is 0.684. The molecule has 1 aromatic rings. The third kappa shape index (κ3) is 3.01. The Bertz CT molecular complexity index is 480. The molecule has 2 aliphatic carbocycles. The zero-order valence-electron chi connectivity index (χ0n) is 13.4. The summed E-state index contributed by atoms with van der Waals surface area (Å²) in [5.41, 5.74) is 1.95. The first-order valence-corrected chi connectivity index (χ1v) is 8.51. The minimum atomic E-state index is -0.0943. The van der Waals surface area contributed by atoms with Gasteiger partial charge in [0.15, 0.2) is 0 Å². The Morgan fingerprint density at radius 1 is 1.19 bits per heavy atom. The Morgan fingerprint density at radius 3 is 2.52 bits per heavy atom. The van der Waals surface area contributed by atoms with Crippen LogP contribution in [0.25, 0.3) is 0 Å².